The maximum Gasteiger partial charge on any atom is 0.326 e. The fourth-order valence-corrected chi connectivity index (χ4v) is 2.96. The molecular weight excluding hydrogens is 402 g/mol. The summed E-state index contributed by atoms with van der Waals surface area (Å²) in [5.74, 6) is -2.80. The summed E-state index contributed by atoms with van der Waals surface area (Å²) in [4.78, 5) is 49.0. The Morgan fingerprint density at radius 2 is 1.52 bits per heavy atom. The van der Waals surface area contributed by atoms with Crippen molar-refractivity contribution in [1.82, 2.24) is 16.0 Å². The van der Waals surface area contributed by atoms with Crippen molar-refractivity contribution in [2.45, 2.75) is 90.9 Å². The van der Waals surface area contributed by atoms with Crippen molar-refractivity contribution in [2.24, 2.45) is 23.3 Å². The quantitative estimate of drug-likeness (QED) is 0.194. The highest BCUT2D eigenvalue weighted by Gasteiger charge is 2.31. The minimum absolute atomic E-state index is 0.0744. The second-order valence-corrected chi connectivity index (χ2v) is 8.52. The molecule has 8 N–H and O–H groups in total. The number of aliphatic carboxylic acids is 1. The molecule has 0 saturated heterocycles. The van der Waals surface area contributed by atoms with E-state index >= 15 is 0 Å². The Hall–Kier alpha value is -2.20. The number of rotatable bonds is 15. The summed E-state index contributed by atoms with van der Waals surface area (Å²) in [6, 6.07) is -3.62. The molecule has 5 unspecified atom stereocenters. The van der Waals surface area contributed by atoms with Crippen LogP contribution < -0.4 is 27.4 Å². The first-order chi connectivity index (χ1) is 14.4. The summed E-state index contributed by atoms with van der Waals surface area (Å²) in [5, 5.41) is 17.0. The van der Waals surface area contributed by atoms with Crippen LogP contribution >= 0.6 is 0 Å². The summed E-state index contributed by atoms with van der Waals surface area (Å²) in [6.45, 7) is 9.40. The number of hydrogen-bond acceptors (Lipinski definition) is 6. The average molecular weight is 444 g/mol. The molecule has 0 spiro atoms. The van der Waals surface area contributed by atoms with E-state index in [-0.39, 0.29) is 18.3 Å². The van der Waals surface area contributed by atoms with Crippen molar-refractivity contribution in [3.8, 4) is 0 Å². The van der Waals surface area contributed by atoms with Crippen LogP contribution in [0.15, 0.2) is 0 Å². The van der Waals surface area contributed by atoms with Crippen LogP contribution in [-0.4, -0.2) is 59.5 Å². The second-order valence-electron chi connectivity index (χ2n) is 8.52. The molecule has 0 aromatic carbocycles. The van der Waals surface area contributed by atoms with Gasteiger partial charge in [0, 0.05) is 0 Å². The number of hydrogen-bond donors (Lipinski definition) is 6. The number of carboxylic acid groups (broad SMARTS) is 1. The maximum atomic E-state index is 12.8. The van der Waals surface area contributed by atoms with E-state index in [4.69, 9.17) is 11.5 Å². The van der Waals surface area contributed by atoms with Crippen LogP contribution in [0.1, 0.15) is 66.7 Å². The minimum Gasteiger partial charge on any atom is -0.480 e. The Balaban J connectivity index is 5.04. The summed E-state index contributed by atoms with van der Waals surface area (Å²) >= 11 is 0. The molecule has 0 saturated carbocycles. The number of carbonyl (C=O) groups excluding carboxylic acids is 3. The van der Waals surface area contributed by atoms with Crippen molar-refractivity contribution in [3.63, 3.8) is 0 Å². The van der Waals surface area contributed by atoms with Crippen molar-refractivity contribution >= 4 is 23.7 Å². The monoisotopic (exact) mass is 443 g/mol. The van der Waals surface area contributed by atoms with Gasteiger partial charge in [-0.05, 0) is 44.6 Å². The van der Waals surface area contributed by atoms with Gasteiger partial charge in [-0.1, -0.05) is 40.5 Å². The lowest BCUT2D eigenvalue weighted by Crippen LogP contribution is -2.58. The lowest BCUT2D eigenvalue weighted by atomic mass is 9.97. The van der Waals surface area contributed by atoms with Crippen LogP contribution in [0.3, 0.4) is 0 Å². The van der Waals surface area contributed by atoms with E-state index in [1.807, 2.05) is 27.7 Å². The molecule has 3 amide bonds. The molecule has 0 rings (SSSR count). The fourth-order valence-electron chi connectivity index (χ4n) is 2.96. The normalized spacial score (nSPS) is 16.0. The zero-order valence-electron chi connectivity index (χ0n) is 19.4. The van der Waals surface area contributed by atoms with Gasteiger partial charge in [0.25, 0.3) is 0 Å². The van der Waals surface area contributed by atoms with E-state index in [1.54, 1.807) is 0 Å². The molecule has 0 heterocycles. The first kappa shape index (κ1) is 28.8. The molecule has 0 radical (unpaired) electrons. The van der Waals surface area contributed by atoms with Gasteiger partial charge in [0.05, 0.1) is 6.04 Å². The molecule has 0 bridgehead atoms. The number of carboxylic acids is 1. The minimum atomic E-state index is -1.13. The molecule has 0 aliphatic rings. The van der Waals surface area contributed by atoms with E-state index in [2.05, 4.69) is 16.0 Å². The number of carbonyl (C=O) groups is 4. The third-order valence-corrected chi connectivity index (χ3v) is 5.17. The van der Waals surface area contributed by atoms with Gasteiger partial charge in [-0.3, -0.25) is 14.4 Å². The SMILES string of the molecule is CCC(C)C(NC(=O)C(N)CCCCN)C(=O)NC(C)C(=O)NC(CC(C)C)C(=O)O. The van der Waals surface area contributed by atoms with Crippen LogP contribution in [0, 0.1) is 11.8 Å². The molecule has 0 aliphatic carbocycles. The molecule has 0 aliphatic heterocycles. The van der Waals surface area contributed by atoms with E-state index < -0.39 is 47.9 Å². The smallest absolute Gasteiger partial charge is 0.326 e. The van der Waals surface area contributed by atoms with Gasteiger partial charge in [0.15, 0.2) is 0 Å². The van der Waals surface area contributed by atoms with Crippen molar-refractivity contribution in [2.75, 3.05) is 6.54 Å². The predicted molar refractivity (Wildman–Crippen MR) is 119 cm³/mol. The van der Waals surface area contributed by atoms with Gasteiger partial charge < -0.3 is 32.5 Å². The van der Waals surface area contributed by atoms with E-state index in [0.717, 1.165) is 6.42 Å². The predicted octanol–water partition coefficient (Wildman–Crippen LogP) is 0.0938. The molecule has 5 atom stereocenters. The average Bonchev–Trinajstić information content (AvgIpc) is 2.69. The largest absolute Gasteiger partial charge is 0.480 e. The topological polar surface area (TPSA) is 177 Å². The third-order valence-electron chi connectivity index (χ3n) is 5.17. The first-order valence-corrected chi connectivity index (χ1v) is 11.0. The standard InChI is InChI=1S/C21H41N5O5/c1-6-13(4)17(26-19(28)15(23)9-7-8-10-22)20(29)24-14(5)18(27)25-16(21(30)31)11-12(2)3/h12-17H,6-11,22-23H2,1-5H3,(H,24,29)(H,25,27)(H,26,28)(H,30,31). The Kier molecular flexibility index (Phi) is 13.7. The molecule has 10 heteroatoms. The first-order valence-electron chi connectivity index (χ1n) is 11.0. The van der Waals surface area contributed by atoms with Gasteiger partial charge in [-0.25, -0.2) is 4.79 Å². The lowest BCUT2D eigenvalue weighted by Gasteiger charge is -2.27. The van der Waals surface area contributed by atoms with Crippen molar-refractivity contribution < 1.29 is 24.3 Å². The van der Waals surface area contributed by atoms with Crippen molar-refractivity contribution in [3.05, 3.63) is 0 Å². The molecule has 180 valence electrons. The molecule has 31 heavy (non-hydrogen) atoms. The number of nitrogens with two attached hydrogens (primary N) is 2. The highest BCUT2D eigenvalue weighted by Crippen LogP contribution is 2.10. The van der Waals surface area contributed by atoms with Crippen LogP contribution in [0.25, 0.3) is 0 Å². The second kappa shape index (κ2) is 14.7. The van der Waals surface area contributed by atoms with E-state index in [0.29, 0.717) is 25.8 Å². The summed E-state index contributed by atoms with van der Waals surface area (Å²) in [7, 11) is 0. The van der Waals surface area contributed by atoms with Crippen LogP contribution in [-0.2, 0) is 19.2 Å². The Morgan fingerprint density at radius 1 is 0.903 bits per heavy atom. The summed E-state index contributed by atoms with van der Waals surface area (Å²) in [6.07, 6.45) is 2.83. The Morgan fingerprint density at radius 3 is 2.00 bits per heavy atom. The summed E-state index contributed by atoms with van der Waals surface area (Å²) < 4.78 is 0. The van der Waals surface area contributed by atoms with E-state index in [1.165, 1.54) is 6.92 Å². The summed E-state index contributed by atoms with van der Waals surface area (Å²) in [5.41, 5.74) is 11.4. The van der Waals surface area contributed by atoms with E-state index in [9.17, 15) is 24.3 Å². The molecule has 0 aromatic rings. The zero-order valence-corrected chi connectivity index (χ0v) is 19.4. The number of nitrogens with one attached hydrogen (secondary N) is 3. The van der Waals surface area contributed by atoms with Crippen LogP contribution in [0.4, 0.5) is 0 Å². The van der Waals surface area contributed by atoms with Gasteiger partial charge in [-0.15, -0.1) is 0 Å². The molecule has 10 nitrogen and oxygen atoms in total. The molecular formula is C21H41N5O5. The fraction of sp³-hybridized carbons (Fsp3) is 0.810. The Bertz CT molecular complexity index is 599. The molecule has 0 fully saturated rings. The third kappa shape index (κ3) is 11.1. The number of unbranched alkanes of at least 4 members (excludes halogenated alkanes) is 1. The zero-order chi connectivity index (χ0) is 24.1. The lowest BCUT2D eigenvalue weighted by molar-refractivity contribution is -0.142. The van der Waals surface area contributed by atoms with Crippen LogP contribution in [0.5, 0.6) is 0 Å². The number of amides is 3. The van der Waals surface area contributed by atoms with Gasteiger partial charge >= 0.3 is 5.97 Å². The van der Waals surface area contributed by atoms with Gasteiger partial charge in [0.1, 0.15) is 18.1 Å². The van der Waals surface area contributed by atoms with Crippen molar-refractivity contribution in [1.29, 1.82) is 0 Å². The van der Waals surface area contributed by atoms with Gasteiger partial charge in [-0.2, -0.15) is 0 Å². The highest BCUT2D eigenvalue weighted by molar-refractivity contribution is 5.94. The maximum absolute atomic E-state index is 12.8. The molecule has 0 aromatic heterocycles. The highest BCUT2D eigenvalue weighted by atomic mass is 16.4. The van der Waals surface area contributed by atoms with Gasteiger partial charge in [0.2, 0.25) is 17.7 Å². The Labute approximate surface area is 185 Å². The van der Waals surface area contributed by atoms with Crippen LogP contribution in [0.2, 0.25) is 0 Å².